The number of benzene rings is 1. The minimum Gasteiger partial charge on any atom is -0.507 e. The van der Waals surface area contributed by atoms with E-state index in [9.17, 15) is 15.0 Å². The average molecular weight is 241 g/mol. The first-order valence-corrected chi connectivity index (χ1v) is 5.08. The lowest BCUT2D eigenvalue weighted by Crippen LogP contribution is -2.41. The molecule has 2 atom stereocenters. The number of rotatable bonds is 5. The first-order valence-electron chi connectivity index (χ1n) is 5.08. The second-order valence-corrected chi connectivity index (χ2v) is 3.67. The van der Waals surface area contributed by atoms with Gasteiger partial charge in [-0.2, -0.15) is 0 Å². The number of nitrogens with one attached hydrogen (secondary N) is 1. The maximum atomic E-state index is 10.7. The first-order chi connectivity index (χ1) is 7.97. The van der Waals surface area contributed by atoms with E-state index < -0.39 is 24.7 Å². The lowest BCUT2D eigenvalue weighted by molar-refractivity contribution is -0.140. The second-order valence-electron chi connectivity index (χ2n) is 3.67. The number of carboxylic acid groups (broad SMARTS) is 1. The molecule has 94 valence electrons. The molecule has 0 aliphatic heterocycles. The lowest BCUT2D eigenvalue weighted by atomic mass is 10.0. The standard InChI is InChI=1S/C11H15NO5/c1-6(12-7(5-13)11(16)17)10-8(14)3-2-4-9(10)15/h2-4,6-7,12-15H,5H2,1H3,(H,16,17). The normalized spacial score (nSPS) is 14.2. The van der Waals surface area contributed by atoms with E-state index >= 15 is 0 Å². The van der Waals surface area contributed by atoms with Gasteiger partial charge in [0.2, 0.25) is 0 Å². The second kappa shape index (κ2) is 5.51. The van der Waals surface area contributed by atoms with Crippen LogP contribution >= 0.6 is 0 Å². The molecule has 0 radical (unpaired) electrons. The summed E-state index contributed by atoms with van der Waals surface area (Å²) in [6.45, 7) is 1.01. The minimum absolute atomic E-state index is 0.132. The Kier molecular flexibility index (Phi) is 4.30. The Morgan fingerprint density at radius 3 is 2.29 bits per heavy atom. The average Bonchev–Trinajstić information content (AvgIpc) is 2.25. The number of phenols is 2. The van der Waals surface area contributed by atoms with Crippen molar-refractivity contribution in [2.75, 3.05) is 6.61 Å². The molecule has 0 saturated carbocycles. The highest BCUT2D eigenvalue weighted by Crippen LogP contribution is 2.32. The van der Waals surface area contributed by atoms with Gasteiger partial charge in [0.15, 0.2) is 0 Å². The zero-order valence-corrected chi connectivity index (χ0v) is 9.29. The van der Waals surface area contributed by atoms with Crippen LogP contribution in [-0.4, -0.2) is 39.0 Å². The van der Waals surface area contributed by atoms with Gasteiger partial charge in [-0.3, -0.25) is 10.1 Å². The number of hydrogen-bond acceptors (Lipinski definition) is 5. The Balaban J connectivity index is 2.89. The molecule has 0 aliphatic carbocycles. The highest BCUT2D eigenvalue weighted by atomic mass is 16.4. The molecule has 5 N–H and O–H groups in total. The summed E-state index contributed by atoms with van der Waals surface area (Å²) < 4.78 is 0. The van der Waals surface area contributed by atoms with Crippen molar-refractivity contribution in [2.24, 2.45) is 0 Å². The zero-order chi connectivity index (χ0) is 13.0. The van der Waals surface area contributed by atoms with Crippen LogP contribution in [0.4, 0.5) is 0 Å². The van der Waals surface area contributed by atoms with Crippen molar-refractivity contribution < 1.29 is 25.2 Å². The van der Waals surface area contributed by atoms with E-state index in [4.69, 9.17) is 10.2 Å². The van der Waals surface area contributed by atoms with E-state index in [0.717, 1.165) is 0 Å². The van der Waals surface area contributed by atoms with Gasteiger partial charge in [-0.15, -0.1) is 0 Å². The van der Waals surface area contributed by atoms with Crippen molar-refractivity contribution in [2.45, 2.75) is 19.0 Å². The van der Waals surface area contributed by atoms with Crippen molar-refractivity contribution >= 4 is 5.97 Å². The Labute approximate surface area is 98.1 Å². The third kappa shape index (κ3) is 3.08. The van der Waals surface area contributed by atoms with Gasteiger partial charge in [0.05, 0.1) is 12.2 Å². The summed E-state index contributed by atoms with van der Waals surface area (Å²) in [6.07, 6.45) is 0. The molecule has 0 amide bonds. The molecule has 17 heavy (non-hydrogen) atoms. The van der Waals surface area contributed by atoms with Crippen LogP contribution < -0.4 is 5.32 Å². The van der Waals surface area contributed by atoms with Gasteiger partial charge in [0.25, 0.3) is 0 Å². The van der Waals surface area contributed by atoms with Gasteiger partial charge in [0, 0.05) is 6.04 Å². The molecule has 0 fully saturated rings. The van der Waals surface area contributed by atoms with Crippen molar-refractivity contribution in [1.29, 1.82) is 0 Å². The van der Waals surface area contributed by atoms with Gasteiger partial charge in [-0.05, 0) is 19.1 Å². The molecule has 1 rings (SSSR count). The van der Waals surface area contributed by atoms with Crippen LogP contribution in [0.25, 0.3) is 0 Å². The molecule has 1 aromatic carbocycles. The maximum Gasteiger partial charge on any atom is 0.323 e. The van der Waals surface area contributed by atoms with Gasteiger partial charge in [-0.1, -0.05) is 6.07 Å². The predicted octanol–water partition coefficient (Wildman–Crippen LogP) is 0.194. The van der Waals surface area contributed by atoms with E-state index in [-0.39, 0.29) is 17.1 Å². The van der Waals surface area contributed by atoms with Gasteiger partial charge in [0.1, 0.15) is 17.5 Å². The van der Waals surface area contributed by atoms with E-state index in [2.05, 4.69) is 5.32 Å². The summed E-state index contributed by atoms with van der Waals surface area (Å²) in [7, 11) is 0. The number of aliphatic hydroxyl groups excluding tert-OH is 1. The predicted molar refractivity (Wildman–Crippen MR) is 59.8 cm³/mol. The van der Waals surface area contributed by atoms with Crippen LogP contribution in [0.1, 0.15) is 18.5 Å². The topological polar surface area (TPSA) is 110 Å². The molecular weight excluding hydrogens is 226 g/mol. The lowest BCUT2D eigenvalue weighted by Gasteiger charge is -2.20. The largest absolute Gasteiger partial charge is 0.507 e. The van der Waals surface area contributed by atoms with Crippen LogP contribution in [0.2, 0.25) is 0 Å². The van der Waals surface area contributed by atoms with Crippen molar-refractivity contribution in [3.8, 4) is 11.5 Å². The van der Waals surface area contributed by atoms with Crippen LogP contribution in [0, 0.1) is 0 Å². The molecule has 6 nitrogen and oxygen atoms in total. The zero-order valence-electron chi connectivity index (χ0n) is 9.29. The smallest absolute Gasteiger partial charge is 0.323 e. The SMILES string of the molecule is CC(NC(CO)C(=O)O)c1c(O)cccc1O. The molecule has 0 heterocycles. The van der Waals surface area contributed by atoms with E-state index in [0.29, 0.717) is 0 Å². The summed E-state index contributed by atoms with van der Waals surface area (Å²) in [6, 6.07) is 2.50. The van der Waals surface area contributed by atoms with E-state index in [1.165, 1.54) is 18.2 Å². The number of aliphatic carboxylic acids is 1. The van der Waals surface area contributed by atoms with Crippen molar-refractivity contribution in [1.82, 2.24) is 5.32 Å². The molecule has 0 aliphatic rings. The van der Waals surface area contributed by atoms with Gasteiger partial charge >= 0.3 is 5.97 Å². The number of hydrogen-bond donors (Lipinski definition) is 5. The van der Waals surface area contributed by atoms with Crippen LogP contribution in [-0.2, 0) is 4.79 Å². The Morgan fingerprint density at radius 2 is 1.88 bits per heavy atom. The highest BCUT2D eigenvalue weighted by Gasteiger charge is 2.22. The fraction of sp³-hybridized carbons (Fsp3) is 0.364. The molecule has 1 aromatic rings. The molecular formula is C11H15NO5. The Bertz CT molecular complexity index is 387. The minimum atomic E-state index is -1.20. The number of phenolic OH excluding ortho intramolecular Hbond substituents is 2. The summed E-state index contributed by atoms with van der Waals surface area (Å²) >= 11 is 0. The maximum absolute atomic E-state index is 10.7. The number of aliphatic hydroxyl groups is 1. The fourth-order valence-electron chi connectivity index (χ4n) is 1.57. The van der Waals surface area contributed by atoms with E-state index in [1.807, 2.05) is 0 Å². The van der Waals surface area contributed by atoms with Gasteiger partial charge in [-0.25, -0.2) is 0 Å². The Hall–Kier alpha value is -1.79. The molecule has 0 spiro atoms. The molecule has 0 saturated heterocycles. The third-order valence-electron chi connectivity index (χ3n) is 2.42. The summed E-state index contributed by atoms with van der Waals surface area (Å²) in [5, 5.41) is 39.4. The molecule has 2 unspecified atom stereocenters. The van der Waals surface area contributed by atoms with Gasteiger partial charge < -0.3 is 20.4 Å². The van der Waals surface area contributed by atoms with Crippen LogP contribution in [0.5, 0.6) is 11.5 Å². The fourth-order valence-corrected chi connectivity index (χ4v) is 1.57. The highest BCUT2D eigenvalue weighted by molar-refractivity contribution is 5.73. The molecule has 0 bridgehead atoms. The quantitative estimate of drug-likeness (QED) is 0.503. The monoisotopic (exact) mass is 241 g/mol. The summed E-state index contributed by atoms with van der Waals surface area (Å²) in [5.74, 6) is -1.46. The van der Waals surface area contributed by atoms with Crippen LogP contribution in [0.3, 0.4) is 0 Å². The molecule has 0 aromatic heterocycles. The number of aromatic hydroxyl groups is 2. The third-order valence-corrected chi connectivity index (χ3v) is 2.42. The van der Waals surface area contributed by atoms with Crippen molar-refractivity contribution in [3.05, 3.63) is 23.8 Å². The van der Waals surface area contributed by atoms with E-state index in [1.54, 1.807) is 6.92 Å². The summed E-state index contributed by atoms with van der Waals surface area (Å²) in [4.78, 5) is 10.7. The number of carboxylic acids is 1. The first kappa shape index (κ1) is 13.3. The number of carbonyl (C=O) groups is 1. The summed E-state index contributed by atoms with van der Waals surface area (Å²) in [5.41, 5.74) is 0.201. The van der Waals surface area contributed by atoms with Crippen molar-refractivity contribution in [3.63, 3.8) is 0 Å². The molecule has 6 heteroatoms. The Morgan fingerprint density at radius 1 is 1.35 bits per heavy atom. The van der Waals surface area contributed by atoms with Crippen LogP contribution in [0.15, 0.2) is 18.2 Å².